The number of hydrogen-bond acceptors (Lipinski definition) is 3. The summed E-state index contributed by atoms with van der Waals surface area (Å²) in [5.74, 6) is 0.805. The van der Waals surface area contributed by atoms with E-state index in [4.69, 9.17) is 4.98 Å². The molecule has 25 heavy (non-hydrogen) atoms. The molecule has 0 spiro atoms. The lowest BCUT2D eigenvalue weighted by atomic mass is 9.97. The molecule has 4 rings (SSSR count). The predicted molar refractivity (Wildman–Crippen MR) is 99.3 cm³/mol. The molecule has 0 saturated carbocycles. The van der Waals surface area contributed by atoms with Crippen molar-refractivity contribution in [1.29, 1.82) is 0 Å². The maximum absolute atomic E-state index is 13.2. The third-order valence-corrected chi connectivity index (χ3v) is 4.97. The molecule has 4 heteroatoms. The average Bonchev–Trinajstić information content (AvgIpc) is 2.68. The summed E-state index contributed by atoms with van der Waals surface area (Å²) in [5.41, 5.74) is 3.30. The lowest BCUT2D eigenvalue weighted by molar-refractivity contribution is 0.0699. The van der Waals surface area contributed by atoms with E-state index in [2.05, 4.69) is 11.9 Å². The zero-order valence-corrected chi connectivity index (χ0v) is 14.4. The normalized spacial score (nSPS) is 15.5. The van der Waals surface area contributed by atoms with Gasteiger partial charge < -0.3 is 4.90 Å². The van der Waals surface area contributed by atoms with Gasteiger partial charge in [0.1, 0.15) is 0 Å². The zero-order valence-electron chi connectivity index (χ0n) is 14.4. The molecule has 1 fully saturated rings. The summed E-state index contributed by atoms with van der Waals surface area (Å²) < 4.78 is 0. The lowest BCUT2D eigenvalue weighted by Gasteiger charge is -2.30. The first-order valence-electron chi connectivity index (χ1n) is 8.82. The minimum Gasteiger partial charge on any atom is -0.339 e. The smallest absolute Gasteiger partial charge is 0.254 e. The molecule has 0 radical (unpaired) electrons. The summed E-state index contributed by atoms with van der Waals surface area (Å²) in [6.07, 6.45) is 5.67. The van der Waals surface area contributed by atoms with Gasteiger partial charge in [-0.05, 0) is 43.0 Å². The van der Waals surface area contributed by atoms with Gasteiger partial charge in [0, 0.05) is 36.4 Å². The number of para-hydroxylation sites is 1. The fourth-order valence-corrected chi connectivity index (χ4v) is 3.40. The quantitative estimate of drug-likeness (QED) is 0.708. The van der Waals surface area contributed by atoms with Crippen LogP contribution in [0.4, 0.5) is 0 Å². The number of nitrogens with zero attached hydrogens (tertiary/aromatic N) is 3. The van der Waals surface area contributed by atoms with Crippen molar-refractivity contribution >= 4 is 16.8 Å². The van der Waals surface area contributed by atoms with E-state index in [-0.39, 0.29) is 5.91 Å². The summed E-state index contributed by atoms with van der Waals surface area (Å²) in [5, 5.41) is 0.916. The molecule has 1 amide bonds. The second-order valence-electron chi connectivity index (χ2n) is 6.79. The van der Waals surface area contributed by atoms with Crippen LogP contribution in [0.3, 0.4) is 0 Å². The molecule has 3 heterocycles. The Labute approximate surface area is 147 Å². The minimum atomic E-state index is 0.107. The van der Waals surface area contributed by atoms with Gasteiger partial charge in [0.15, 0.2) is 0 Å². The summed E-state index contributed by atoms with van der Waals surface area (Å²) in [7, 11) is 0. The van der Waals surface area contributed by atoms with Crippen molar-refractivity contribution in [3.8, 4) is 11.3 Å². The van der Waals surface area contributed by atoms with E-state index in [0.717, 1.165) is 53.7 Å². The van der Waals surface area contributed by atoms with E-state index in [1.165, 1.54) is 0 Å². The number of benzene rings is 1. The predicted octanol–water partition coefficient (Wildman–Crippen LogP) is 4.17. The Morgan fingerprint density at radius 2 is 1.92 bits per heavy atom. The van der Waals surface area contributed by atoms with Crippen molar-refractivity contribution in [3.63, 3.8) is 0 Å². The molecule has 0 bridgehead atoms. The molecule has 0 N–H and O–H groups in total. The standard InChI is InChI=1S/C21H21N3O/c1-15-8-11-24(12-9-15)21(25)18-13-20(16-5-4-10-22-14-16)23-19-7-3-2-6-17(18)19/h2-7,10,13-15H,8-9,11-12H2,1H3. The first-order chi connectivity index (χ1) is 12.2. The Hall–Kier alpha value is -2.75. The van der Waals surface area contributed by atoms with E-state index in [1.54, 1.807) is 12.4 Å². The van der Waals surface area contributed by atoms with Gasteiger partial charge in [-0.2, -0.15) is 0 Å². The van der Waals surface area contributed by atoms with Gasteiger partial charge in [0.25, 0.3) is 5.91 Å². The van der Waals surface area contributed by atoms with Gasteiger partial charge >= 0.3 is 0 Å². The van der Waals surface area contributed by atoms with Gasteiger partial charge in [-0.1, -0.05) is 25.1 Å². The molecule has 2 aromatic heterocycles. The summed E-state index contributed by atoms with van der Waals surface area (Å²) >= 11 is 0. The molecular formula is C21H21N3O. The Balaban J connectivity index is 1.80. The topological polar surface area (TPSA) is 46.1 Å². The average molecular weight is 331 g/mol. The number of carbonyl (C=O) groups excluding carboxylic acids is 1. The summed E-state index contributed by atoms with van der Waals surface area (Å²) in [6.45, 7) is 3.92. The zero-order chi connectivity index (χ0) is 17.2. The number of rotatable bonds is 2. The molecule has 4 nitrogen and oxygen atoms in total. The van der Waals surface area contributed by atoms with Gasteiger partial charge in [0.05, 0.1) is 16.8 Å². The molecule has 3 aromatic rings. The maximum atomic E-state index is 13.2. The van der Waals surface area contributed by atoms with Crippen LogP contribution < -0.4 is 0 Å². The Morgan fingerprint density at radius 3 is 2.68 bits per heavy atom. The molecule has 1 aliphatic rings. The monoisotopic (exact) mass is 331 g/mol. The van der Waals surface area contributed by atoms with Crippen molar-refractivity contribution in [2.24, 2.45) is 5.92 Å². The molecule has 1 aromatic carbocycles. The Kier molecular flexibility index (Phi) is 4.18. The van der Waals surface area contributed by atoms with Crippen LogP contribution in [0, 0.1) is 5.92 Å². The number of aromatic nitrogens is 2. The molecular weight excluding hydrogens is 310 g/mol. The highest BCUT2D eigenvalue weighted by atomic mass is 16.2. The van der Waals surface area contributed by atoms with E-state index >= 15 is 0 Å². The second kappa shape index (κ2) is 6.63. The minimum absolute atomic E-state index is 0.107. The van der Waals surface area contributed by atoms with Gasteiger partial charge in [-0.3, -0.25) is 9.78 Å². The maximum Gasteiger partial charge on any atom is 0.254 e. The Morgan fingerprint density at radius 1 is 1.12 bits per heavy atom. The molecule has 1 saturated heterocycles. The molecule has 126 valence electrons. The highest BCUT2D eigenvalue weighted by molar-refractivity contribution is 6.07. The first-order valence-corrected chi connectivity index (χ1v) is 8.82. The third-order valence-electron chi connectivity index (χ3n) is 4.97. The van der Waals surface area contributed by atoms with Crippen molar-refractivity contribution in [2.45, 2.75) is 19.8 Å². The van der Waals surface area contributed by atoms with Crippen LogP contribution in [0.1, 0.15) is 30.1 Å². The molecule has 0 atom stereocenters. The van der Waals surface area contributed by atoms with Crippen molar-refractivity contribution < 1.29 is 4.79 Å². The van der Waals surface area contributed by atoms with Crippen molar-refractivity contribution in [2.75, 3.05) is 13.1 Å². The number of hydrogen-bond donors (Lipinski definition) is 0. The van der Waals surface area contributed by atoms with Crippen LogP contribution in [0.5, 0.6) is 0 Å². The van der Waals surface area contributed by atoms with E-state index in [9.17, 15) is 4.79 Å². The summed E-state index contributed by atoms with van der Waals surface area (Å²) in [4.78, 5) is 24.1. The molecule has 1 aliphatic heterocycles. The van der Waals surface area contributed by atoms with Crippen LogP contribution in [-0.2, 0) is 0 Å². The number of carbonyl (C=O) groups is 1. The van der Waals surface area contributed by atoms with Crippen LogP contribution in [-0.4, -0.2) is 33.9 Å². The first kappa shape index (κ1) is 15.8. The van der Waals surface area contributed by atoms with Crippen LogP contribution in [0.15, 0.2) is 54.9 Å². The number of fused-ring (bicyclic) bond motifs is 1. The highest BCUT2D eigenvalue weighted by Gasteiger charge is 2.23. The van der Waals surface area contributed by atoms with E-state index in [1.807, 2.05) is 47.4 Å². The van der Waals surface area contributed by atoms with E-state index < -0.39 is 0 Å². The van der Waals surface area contributed by atoms with Crippen molar-refractivity contribution in [3.05, 3.63) is 60.4 Å². The van der Waals surface area contributed by atoms with Gasteiger partial charge in [-0.25, -0.2) is 4.98 Å². The van der Waals surface area contributed by atoms with E-state index in [0.29, 0.717) is 5.92 Å². The lowest BCUT2D eigenvalue weighted by Crippen LogP contribution is -2.38. The van der Waals surface area contributed by atoms with Crippen LogP contribution >= 0.6 is 0 Å². The van der Waals surface area contributed by atoms with Crippen LogP contribution in [0.2, 0.25) is 0 Å². The second-order valence-corrected chi connectivity index (χ2v) is 6.79. The largest absolute Gasteiger partial charge is 0.339 e. The van der Waals surface area contributed by atoms with Crippen LogP contribution in [0.25, 0.3) is 22.2 Å². The highest BCUT2D eigenvalue weighted by Crippen LogP contribution is 2.27. The number of piperidine rings is 1. The molecule has 0 aliphatic carbocycles. The van der Waals surface area contributed by atoms with Gasteiger partial charge in [-0.15, -0.1) is 0 Å². The Bertz CT molecular complexity index is 899. The van der Waals surface area contributed by atoms with Gasteiger partial charge in [0.2, 0.25) is 0 Å². The number of likely N-dealkylation sites (tertiary alicyclic amines) is 1. The third kappa shape index (κ3) is 3.12. The SMILES string of the molecule is CC1CCN(C(=O)c2cc(-c3cccnc3)nc3ccccc23)CC1. The molecule has 0 unspecified atom stereocenters. The van der Waals surface area contributed by atoms with Crippen molar-refractivity contribution in [1.82, 2.24) is 14.9 Å². The summed E-state index contributed by atoms with van der Waals surface area (Å²) in [6, 6.07) is 13.6. The fourth-order valence-electron chi connectivity index (χ4n) is 3.40. The number of pyridine rings is 2. The fraction of sp³-hybridized carbons (Fsp3) is 0.286. The number of amides is 1.